The number of sulfonamides is 1. The minimum absolute atomic E-state index is 0.0408. The maximum absolute atomic E-state index is 13.3. The summed E-state index contributed by atoms with van der Waals surface area (Å²) < 4.78 is 42.2. The van der Waals surface area contributed by atoms with Crippen LogP contribution in [0.2, 0.25) is 0 Å². The number of hydroxylamine groups is 2. The summed E-state index contributed by atoms with van der Waals surface area (Å²) in [7, 11) is -2.58. The third kappa shape index (κ3) is 5.09. The number of hydrogen-bond acceptors (Lipinski definition) is 6. The summed E-state index contributed by atoms with van der Waals surface area (Å²) in [5, 5.41) is 14.8. The zero-order chi connectivity index (χ0) is 21.9. The Balaban J connectivity index is 1.94. The number of hydrogen-bond donors (Lipinski definition) is 2. The van der Waals surface area contributed by atoms with Crippen LogP contribution in [0.5, 0.6) is 0 Å². The van der Waals surface area contributed by atoms with E-state index in [1.54, 1.807) is 24.3 Å². The number of carbonyl (C=O) groups is 1. The number of benzene rings is 2. The van der Waals surface area contributed by atoms with Crippen molar-refractivity contribution < 1.29 is 27.2 Å². The average molecular weight is 433 g/mol. The van der Waals surface area contributed by atoms with Crippen LogP contribution < -0.4 is 5.14 Å². The van der Waals surface area contributed by atoms with E-state index < -0.39 is 21.7 Å². The third-order valence-corrected chi connectivity index (χ3v) is 5.31. The molecule has 2 aromatic carbocycles. The highest BCUT2D eigenvalue weighted by Gasteiger charge is 2.18. The van der Waals surface area contributed by atoms with Crippen LogP contribution in [-0.4, -0.2) is 36.6 Å². The molecule has 8 nitrogen and oxygen atoms in total. The van der Waals surface area contributed by atoms with Gasteiger partial charge in [0.05, 0.1) is 4.90 Å². The fourth-order valence-electron chi connectivity index (χ4n) is 2.82. The number of aryl methyl sites for hydroxylation is 1. The Hall–Kier alpha value is -3.08. The van der Waals surface area contributed by atoms with Gasteiger partial charge in [-0.25, -0.2) is 28.0 Å². The molecule has 1 aromatic heterocycles. The minimum Gasteiger partial charge on any atom is -0.440 e. The second kappa shape index (κ2) is 8.74. The lowest BCUT2D eigenvalue weighted by Gasteiger charge is -2.06. The van der Waals surface area contributed by atoms with Crippen molar-refractivity contribution in [1.29, 1.82) is 0 Å². The van der Waals surface area contributed by atoms with Gasteiger partial charge < -0.3 is 4.42 Å². The molecule has 0 aliphatic heterocycles. The van der Waals surface area contributed by atoms with Crippen molar-refractivity contribution in [3.05, 3.63) is 60.2 Å². The maximum atomic E-state index is 13.3. The molecular formula is C20H20FN3O5S. The Labute approximate surface area is 172 Å². The summed E-state index contributed by atoms with van der Waals surface area (Å²) in [4.78, 5) is 16.0. The molecule has 0 saturated heterocycles. The quantitative estimate of drug-likeness (QED) is 0.436. The van der Waals surface area contributed by atoms with Crippen LogP contribution in [0, 0.1) is 5.82 Å². The minimum atomic E-state index is -3.84. The molecule has 0 aliphatic carbocycles. The van der Waals surface area contributed by atoms with Crippen LogP contribution in [0.4, 0.5) is 4.39 Å². The SMILES string of the molecule is CN(O)C(=O)CCCc1nc(-c2ccc(F)cc2)c(-c2ccc(S(N)(=O)=O)cc2)o1. The van der Waals surface area contributed by atoms with E-state index in [9.17, 15) is 17.6 Å². The number of rotatable bonds is 7. The Kier molecular flexibility index (Phi) is 6.30. The smallest absolute Gasteiger partial charge is 0.245 e. The molecule has 0 bridgehead atoms. The Morgan fingerprint density at radius 2 is 1.73 bits per heavy atom. The topological polar surface area (TPSA) is 127 Å². The molecule has 0 atom stereocenters. The van der Waals surface area contributed by atoms with Crippen molar-refractivity contribution in [1.82, 2.24) is 10.0 Å². The second-order valence-electron chi connectivity index (χ2n) is 6.63. The number of primary sulfonamides is 1. The highest BCUT2D eigenvalue weighted by Crippen LogP contribution is 2.33. The van der Waals surface area contributed by atoms with Crippen LogP contribution >= 0.6 is 0 Å². The van der Waals surface area contributed by atoms with Crippen molar-refractivity contribution in [2.45, 2.75) is 24.2 Å². The van der Waals surface area contributed by atoms with Gasteiger partial charge in [-0.05, 0) is 55.0 Å². The average Bonchev–Trinajstić information content (AvgIpc) is 3.12. The van der Waals surface area contributed by atoms with Gasteiger partial charge in [-0.15, -0.1) is 0 Å². The lowest BCUT2D eigenvalue weighted by Crippen LogP contribution is -2.22. The molecule has 3 rings (SSSR count). The molecule has 30 heavy (non-hydrogen) atoms. The molecular weight excluding hydrogens is 413 g/mol. The highest BCUT2D eigenvalue weighted by atomic mass is 32.2. The van der Waals surface area contributed by atoms with E-state index in [1.807, 2.05) is 0 Å². The first-order valence-corrected chi connectivity index (χ1v) is 10.5. The van der Waals surface area contributed by atoms with E-state index in [0.29, 0.717) is 46.4 Å². The Bertz CT molecular complexity index is 1140. The van der Waals surface area contributed by atoms with E-state index in [0.717, 1.165) is 0 Å². The van der Waals surface area contributed by atoms with E-state index in [1.165, 1.54) is 31.3 Å². The first-order chi connectivity index (χ1) is 14.1. The van der Waals surface area contributed by atoms with Crippen molar-refractivity contribution >= 4 is 15.9 Å². The van der Waals surface area contributed by atoms with Gasteiger partial charge in [0.15, 0.2) is 11.7 Å². The van der Waals surface area contributed by atoms with Gasteiger partial charge in [-0.2, -0.15) is 0 Å². The summed E-state index contributed by atoms with van der Waals surface area (Å²) in [6, 6.07) is 11.5. The molecule has 3 N–H and O–H groups in total. The van der Waals surface area contributed by atoms with Crippen molar-refractivity contribution in [3.8, 4) is 22.6 Å². The van der Waals surface area contributed by atoms with Gasteiger partial charge in [0.1, 0.15) is 11.5 Å². The fourth-order valence-corrected chi connectivity index (χ4v) is 3.33. The van der Waals surface area contributed by atoms with E-state index in [2.05, 4.69) is 4.98 Å². The predicted molar refractivity (Wildman–Crippen MR) is 106 cm³/mol. The largest absolute Gasteiger partial charge is 0.440 e. The number of halogens is 1. The maximum Gasteiger partial charge on any atom is 0.245 e. The molecule has 0 unspecified atom stereocenters. The van der Waals surface area contributed by atoms with Gasteiger partial charge in [-0.3, -0.25) is 10.0 Å². The normalized spacial score (nSPS) is 11.5. The lowest BCUT2D eigenvalue weighted by molar-refractivity contribution is -0.159. The van der Waals surface area contributed by atoms with Crippen LogP contribution in [0.1, 0.15) is 18.7 Å². The number of amides is 1. The summed E-state index contributed by atoms with van der Waals surface area (Å²) in [5.41, 5.74) is 1.63. The van der Waals surface area contributed by atoms with Gasteiger partial charge >= 0.3 is 0 Å². The van der Waals surface area contributed by atoms with Crippen molar-refractivity contribution in [2.75, 3.05) is 7.05 Å². The van der Waals surface area contributed by atoms with E-state index >= 15 is 0 Å². The van der Waals surface area contributed by atoms with Gasteiger partial charge in [-0.1, -0.05) is 0 Å². The number of nitrogens with zero attached hydrogens (tertiary/aromatic N) is 2. The molecule has 0 aliphatic rings. The first kappa shape index (κ1) is 21.6. The van der Waals surface area contributed by atoms with Crippen LogP contribution in [0.15, 0.2) is 57.8 Å². The molecule has 0 spiro atoms. The number of carbonyl (C=O) groups excluding carboxylic acids is 1. The Morgan fingerprint density at radius 1 is 1.13 bits per heavy atom. The number of nitrogens with two attached hydrogens (primary N) is 1. The first-order valence-electron chi connectivity index (χ1n) is 8.99. The molecule has 0 saturated carbocycles. The van der Waals surface area contributed by atoms with Gasteiger partial charge in [0.25, 0.3) is 0 Å². The molecule has 0 fully saturated rings. The number of aromatic nitrogens is 1. The molecule has 3 aromatic rings. The summed E-state index contributed by atoms with van der Waals surface area (Å²) in [6.45, 7) is 0. The highest BCUT2D eigenvalue weighted by molar-refractivity contribution is 7.89. The van der Waals surface area contributed by atoms with E-state index in [4.69, 9.17) is 14.8 Å². The zero-order valence-electron chi connectivity index (χ0n) is 16.1. The molecule has 10 heteroatoms. The van der Waals surface area contributed by atoms with Crippen molar-refractivity contribution in [3.63, 3.8) is 0 Å². The van der Waals surface area contributed by atoms with Crippen LogP contribution in [0.25, 0.3) is 22.6 Å². The lowest BCUT2D eigenvalue weighted by atomic mass is 10.1. The summed E-state index contributed by atoms with van der Waals surface area (Å²) in [6.07, 6.45) is 0.847. The predicted octanol–water partition coefficient (Wildman–Crippen LogP) is 2.97. The standard InChI is InChI=1S/C20H20FN3O5S/c1-24(26)18(25)4-2-3-17-23-19(13-5-9-15(21)10-6-13)20(29-17)14-7-11-16(12-8-14)30(22,27)28/h5-12,26H,2-4H2,1H3,(H2,22,27,28). The van der Waals surface area contributed by atoms with Gasteiger partial charge in [0, 0.05) is 31.0 Å². The Morgan fingerprint density at radius 3 is 2.30 bits per heavy atom. The third-order valence-electron chi connectivity index (χ3n) is 4.38. The van der Waals surface area contributed by atoms with Gasteiger partial charge in [0.2, 0.25) is 15.9 Å². The number of oxazole rings is 1. The summed E-state index contributed by atoms with van der Waals surface area (Å²) >= 11 is 0. The van der Waals surface area contributed by atoms with Crippen LogP contribution in [0.3, 0.4) is 0 Å². The van der Waals surface area contributed by atoms with Crippen LogP contribution in [-0.2, 0) is 21.2 Å². The molecule has 1 amide bonds. The molecule has 158 valence electrons. The molecule has 1 heterocycles. The fraction of sp³-hybridized carbons (Fsp3) is 0.200. The second-order valence-corrected chi connectivity index (χ2v) is 8.19. The summed E-state index contributed by atoms with van der Waals surface area (Å²) in [5.74, 6) is -0.0938. The molecule has 0 radical (unpaired) electrons. The van der Waals surface area contributed by atoms with E-state index in [-0.39, 0.29) is 11.3 Å². The monoisotopic (exact) mass is 433 g/mol. The van der Waals surface area contributed by atoms with Crippen molar-refractivity contribution in [2.24, 2.45) is 5.14 Å². The zero-order valence-corrected chi connectivity index (χ0v) is 16.9.